The maximum absolute atomic E-state index is 12.1. The molecule has 0 aliphatic heterocycles. The molecule has 0 aliphatic carbocycles. The second-order valence-electron chi connectivity index (χ2n) is 4.63. The van der Waals surface area contributed by atoms with Gasteiger partial charge in [0.2, 0.25) is 5.91 Å². The van der Waals surface area contributed by atoms with Gasteiger partial charge in [-0.05, 0) is 43.5 Å². The van der Waals surface area contributed by atoms with E-state index in [1.54, 1.807) is 29.7 Å². The van der Waals surface area contributed by atoms with Crippen LogP contribution in [0.3, 0.4) is 0 Å². The van der Waals surface area contributed by atoms with Gasteiger partial charge in [-0.1, -0.05) is 6.07 Å². The summed E-state index contributed by atoms with van der Waals surface area (Å²) in [7, 11) is 0. The van der Waals surface area contributed by atoms with Crippen molar-refractivity contribution in [3.05, 3.63) is 51.7 Å². The Balaban J connectivity index is 2.11. The summed E-state index contributed by atoms with van der Waals surface area (Å²) in [6, 6.07) is 3.75. The quantitative estimate of drug-likeness (QED) is 0.647. The van der Waals surface area contributed by atoms with Crippen LogP contribution in [0.4, 0.5) is 5.82 Å². The van der Waals surface area contributed by atoms with E-state index >= 15 is 0 Å². The third-order valence-electron chi connectivity index (χ3n) is 3.10. The molecule has 0 aromatic carbocycles. The van der Waals surface area contributed by atoms with Crippen LogP contribution in [0.1, 0.15) is 12.5 Å². The van der Waals surface area contributed by atoms with E-state index in [-0.39, 0.29) is 5.91 Å². The molecule has 0 aliphatic rings. The maximum atomic E-state index is 12.1. The van der Waals surface area contributed by atoms with Crippen molar-refractivity contribution in [2.24, 2.45) is 0 Å². The van der Waals surface area contributed by atoms with Crippen molar-refractivity contribution in [3.8, 4) is 0 Å². The predicted molar refractivity (Wildman–Crippen MR) is 89.5 cm³/mol. The van der Waals surface area contributed by atoms with E-state index in [9.17, 15) is 4.79 Å². The van der Waals surface area contributed by atoms with Crippen molar-refractivity contribution >= 4 is 49.2 Å². The number of nitrogens with zero attached hydrogens (tertiary/aromatic N) is 5. The van der Waals surface area contributed by atoms with Crippen molar-refractivity contribution in [3.63, 3.8) is 0 Å². The van der Waals surface area contributed by atoms with E-state index in [0.29, 0.717) is 22.6 Å². The first-order valence-electron chi connectivity index (χ1n) is 6.42. The van der Waals surface area contributed by atoms with E-state index in [0.717, 1.165) is 10.2 Å². The molecule has 6 nitrogen and oxygen atoms in total. The molecule has 1 amide bonds. The predicted octanol–water partition coefficient (Wildman–Crippen LogP) is 3.20. The van der Waals surface area contributed by atoms with E-state index in [4.69, 9.17) is 0 Å². The molecule has 3 rings (SSSR count). The van der Waals surface area contributed by atoms with Gasteiger partial charge in [-0.3, -0.25) is 19.1 Å². The van der Waals surface area contributed by atoms with Crippen LogP contribution in [0.15, 0.2) is 46.1 Å². The van der Waals surface area contributed by atoms with Gasteiger partial charge in [0.25, 0.3) is 0 Å². The number of halogens is 2. The molecule has 112 valence electrons. The van der Waals surface area contributed by atoms with Crippen molar-refractivity contribution < 1.29 is 4.79 Å². The summed E-state index contributed by atoms with van der Waals surface area (Å²) in [6.07, 6.45) is 6.89. The number of amides is 1. The Kier molecular flexibility index (Phi) is 4.21. The van der Waals surface area contributed by atoms with Crippen molar-refractivity contribution in [2.75, 3.05) is 4.90 Å². The Morgan fingerprint density at radius 2 is 2.18 bits per heavy atom. The zero-order chi connectivity index (χ0) is 15.7. The number of hydrogen-bond donors (Lipinski definition) is 0. The van der Waals surface area contributed by atoms with Gasteiger partial charge in [0, 0.05) is 25.5 Å². The molecule has 3 aromatic heterocycles. The second kappa shape index (κ2) is 6.13. The molecular formula is C14H11Br2N5O. The van der Waals surface area contributed by atoms with Crippen molar-refractivity contribution in [1.82, 2.24) is 19.4 Å². The lowest BCUT2D eigenvalue weighted by molar-refractivity contribution is -0.116. The normalized spacial score (nSPS) is 10.9. The van der Waals surface area contributed by atoms with Gasteiger partial charge in [-0.25, -0.2) is 9.97 Å². The van der Waals surface area contributed by atoms with Gasteiger partial charge in [0.05, 0.1) is 12.7 Å². The van der Waals surface area contributed by atoms with E-state index in [1.165, 1.54) is 6.92 Å². The molecule has 0 spiro atoms. The fraction of sp³-hybridized carbons (Fsp3) is 0.143. The highest BCUT2D eigenvalue weighted by atomic mass is 79.9. The van der Waals surface area contributed by atoms with E-state index < -0.39 is 0 Å². The Morgan fingerprint density at radius 3 is 2.86 bits per heavy atom. The Labute approximate surface area is 143 Å². The zero-order valence-corrected chi connectivity index (χ0v) is 14.7. The number of imidazole rings is 1. The number of hydrogen-bond acceptors (Lipinski definition) is 4. The van der Waals surface area contributed by atoms with Crippen LogP contribution in [0.25, 0.3) is 5.65 Å². The minimum absolute atomic E-state index is 0.115. The van der Waals surface area contributed by atoms with Gasteiger partial charge in [-0.15, -0.1) is 0 Å². The molecule has 0 N–H and O–H groups in total. The minimum Gasteiger partial charge on any atom is -0.289 e. The molecule has 0 saturated carbocycles. The fourth-order valence-corrected chi connectivity index (χ4v) is 2.85. The van der Waals surface area contributed by atoms with Crippen molar-refractivity contribution in [2.45, 2.75) is 13.5 Å². The Bertz CT molecular complexity index is 834. The minimum atomic E-state index is -0.115. The summed E-state index contributed by atoms with van der Waals surface area (Å²) < 4.78 is 3.23. The van der Waals surface area contributed by atoms with Crippen LogP contribution < -0.4 is 4.90 Å². The highest BCUT2D eigenvalue weighted by Gasteiger charge is 2.20. The number of pyridine rings is 1. The smallest absolute Gasteiger partial charge is 0.225 e. The number of carbonyl (C=O) groups is 1. The van der Waals surface area contributed by atoms with Crippen LogP contribution in [-0.4, -0.2) is 25.3 Å². The standard InChI is InChI=1S/C14H11Br2N5O/c1-9(22)20(7-10-3-2-4-17-5-10)14-13-18-6-12(16)21(13)8-11(15)19-14/h2-6,8H,7H2,1H3. The maximum Gasteiger partial charge on any atom is 0.225 e. The number of rotatable bonds is 3. The van der Waals surface area contributed by atoms with Gasteiger partial charge in [0.15, 0.2) is 11.5 Å². The molecule has 0 saturated heterocycles. The van der Waals surface area contributed by atoms with E-state index in [2.05, 4.69) is 46.8 Å². The van der Waals surface area contributed by atoms with Crippen LogP contribution in [0.5, 0.6) is 0 Å². The molecule has 0 fully saturated rings. The van der Waals surface area contributed by atoms with E-state index in [1.807, 2.05) is 16.5 Å². The third-order valence-corrected chi connectivity index (χ3v) is 4.07. The topological polar surface area (TPSA) is 63.4 Å². The summed E-state index contributed by atoms with van der Waals surface area (Å²) in [5.41, 5.74) is 1.53. The Hall–Kier alpha value is -1.80. The summed E-state index contributed by atoms with van der Waals surface area (Å²) in [5, 5.41) is 0. The molecule has 22 heavy (non-hydrogen) atoms. The highest BCUT2D eigenvalue weighted by Crippen LogP contribution is 2.26. The van der Waals surface area contributed by atoms with Gasteiger partial charge >= 0.3 is 0 Å². The molecule has 3 heterocycles. The average Bonchev–Trinajstić information content (AvgIpc) is 2.86. The first-order chi connectivity index (χ1) is 10.6. The molecule has 3 aromatic rings. The summed E-state index contributed by atoms with van der Waals surface area (Å²) >= 11 is 6.80. The first kappa shape index (κ1) is 15.1. The third kappa shape index (κ3) is 2.89. The van der Waals surface area contributed by atoms with Gasteiger partial charge < -0.3 is 0 Å². The van der Waals surface area contributed by atoms with Gasteiger partial charge in [0.1, 0.15) is 9.21 Å². The van der Waals surface area contributed by atoms with Crippen molar-refractivity contribution in [1.29, 1.82) is 0 Å². The summed E-state index contributed by atoms with van der Waals surface area (Å²) in [5.74, 6) is 0.381. The highest BCUT2D eigenvalue weighted by molar-refractivity contribution is 9.10. The van der Waals surface area contributed by atoms with Crippen LogP contribution in [0, 0.1) is 0 Å². The lowest BCUT2D eigenvalue weighted by atomic mass is 10.2. The summed E-state index contributed by atoms with van der Waals surface area (Å²) in [4.78, 5) is 26.5. The molecule has 0 atom stereocenters. The molecule has 0 radical (unpaired) electrons. The lowest BCUT2D eigenvalue weighted by Crippen LogP contribution is -2.29. The summed E-state index contributed by atoms with van der Waals surface area (Å²) in [6.45, 7) is 1.89. The second-order valence-corrected chi connectivity index (χ2v) is 6.25. The molecule has 0 bridgehead atoms. The first-order valence-corrected chi connectivity index (χ1v) is 8.01. The monoisotopic (exact) mass is 423 g/mol. The fourth-order valence-electron chi connectivity index (χ4n) is 2.11. The SMILES string of the molecule is CC(=O)N(Cc1cccnc1)c1nc(Br)cn2c(Br)cnc12. The van der Waals surface area contributed by atoms with Crippen LogP contribution in [-0.2, 0) is 11.3 Å². The Morgan fingerprint density at radius 1 is 1.36 bits per heavy atom. The molecule has 8 heteroatoms. The zero-order valence-electron chi connectivity index (χ0n) is 11.6. The number of anilines is 1. The number of carbonyl (C=O) groups excluding carboxylic acids is 1. The lowest BCUT2D eigenvalue weighted by Gasteiger charge is -2.20. The number of aromatic nitrogens is 4. The number of fused-ring (bicyclic) bond motifs is 1. The van der Waals surface area contributed by atoms with Crippen LogP contribution >= 0.6 is 31.9 Å². The van der Waals surface area contributed by atoms with Gasteiger partial charge in [-0.2, -0.15) is 0 Å². The van der Waals surface area contributed by atoms with Crippen LogP contribution in [0.2, 0.25) is 0 Å². The largest absolute Gasteiger partial charge is 0.289 e. The molecular weight excluding hydrogens is 414 g/mol. The average molecular weight is 425 g/mol. The molecule has 0 unspecified atom stereocenters.